The molecular weight excluding hydrogens is 300 g/mol. The largest absolute Gasteiger partial charge is 0.392 e. The first-order valence-corrected chi connectivity index (χ1v) is 7.53. The third-order valence-corrected chi connectivity index (χ3v) is 4.17. The first-order chi connectivity index (χ1) is 9.90. The van der Waals surface area contributed by atoms with Crippen molar-refractivity contribution in [2.75, 3.05) is 0 Å². The normalized spacial score (nSPS) is 11.6. The van der Waals surface area contributed by atoms with Crippen LogP contribution in [0.2, 0.25) is 0 Å². The van der Waals surface area contributed by atoms with Gasteiger partial charge in [0.25, 0.3) is 0 Å². The third-order valence-electron chi connectivity index (χ3n) is 2.79. The maximum Gasteiger partial charge on any atom is 0.241 e. The van der Waals surface area contributed by atoms with Gasteiger partial charge in [-0.05, 0) is 23.3 Å². The van der Waals surface area contributed by atoms with Crippen LogP contribution in [0.25, 0.3) is 0 Å². The molecule has 0 unspecified atom stereocenters. The lowest BCUT2D eigenvalue weighted by Crippen LogP contribution is -2.23. The van der Waals surface area contributed by atoms with Crippen LogP contribution in [0.4, 0.5) is 8.78 Å². The first-order valence-electron chi connectivity index (χ1n) is 6.05. The van der Waals surface area contributed by atoms with Gasteiger partial charge in [-0.25, -0.2) is 21.9 Å². The molecule has 0 radical (unpaired) electrons. The second-order valence-corrected chi connectivity index (χ2v) is 6.17. The molecule has 0 saturated heterocycles. The fourth-order valence-corrected chi connectivity index (χ4v) is 2.84. The quantitative estimate of drug-likeness (QED) is 0.886. The van der Waals surface area contributed by atoms with E-state index in [4.69, 9.17) is 5.11 Å². The Morgan fingerprint density at radius 2 is 1.62 bits per heavy atom. The molecule has 2 aromatic rings. The molecule has 0 spiro atoms. The maximum atomic E-state index is 13.1. The number of sulfonamides is 1. The van der Waals surface area contributed by atoms with E-state index >= 15 is 0 Å². The number of aliphatic hydroxyl groups excluding tert-OH is 1. The fraction of sp³-hybridized carbons (Fsp3) is 0.143. The summed E-state index contributed by atoms with van der Waals surface area (Å²) in [4.78, 5) is -0.474. The van der Waals surface area contributed by atoms with Crippen molar-refractivity contribution >= 4 is 10.0 Å². The van der Waals surface area contributed by atoms with Crippen molar-refractivity contribution < 1.29 is 22.3 Å². The second-order valence-electron chi connectivity index (χ2n) is 4.41. The van der Waals surface area contributed by atoms with E-state index in [0.717, 1.165) is 12.1 Å². The van der Waals surface area contributed by atoms with E-state index in [0.29, 0.717) is 17.2 Å². The van der Waals surface area contributed by atoms with Crippen LogP contribution in [-0.4, -0.2) is 13.5 Å². The van der Waals surface area contributed by atoms with Crippen molar-refractivity contribution in [1.82, 2.24) is 4.72 Å². The van der Waals surface area contributed by atoms with Gasteiger partial charge in [-0.15, -0.1) is 0 Å². The van der Waals surface area contributed by atoms with Crippen LogP contribution in [0.3, 0.4) is 0 Å². The number of benzene rings is 2. The Kier molecular flexibility index (Phi) is 4.66. The van der Waals surface area contributed by atoms with Crippen molar-refractivity contribution in [2.24, 2.45) is 0 Å². The molecule has 0 fully saturated rings. The van der Waals surface area contributed by atoms with Crippen LogP contribution in [0, 0.1) is 11.6 Å². The molecule has 0 aliphatic rings. The predicted molar refractivity (Wildman–Crippen MR) is 72.7 cm³/mol. The molecule has 2 aromatic carbocycles. The van der Waals surface area contributed by atoms with Crippen LogP contribution in [-0.2, 0) is 23.2 Å². The average molecular weight is 313 g/mol. The summed E-state index contributed by atoms with van der Waals surface area (Å²) in [5.74, 6) is -1.92. The number of nitrogens with one attached hydrogen (secondary N) is 1. The molecule has 7 heteroatoms. The van der Waals surface area contributed by atoms with Crippen molar-refractivity contribution in [1.29, 1.82) is 0 Å². The predicted octanol–water partition coefficient (Wildman–Crippen LogP) is 1.94. The van der Waals surface area contributed by atoms with E-state index < -0.39 is 26.6 Å². The van der Waals surface area contributed by atoms with Crippen molar-refractivity contribution in [3.8, 4) is 0 Å². The van der Waals surface area contributed by atoms with E-state index in [2.05, 4.69) is 4.72 Å². The highest BCUT2D eigenvalue weighted by Crippen LogP contribution is 2.14. The number of hydrogen-bond donors (Lipinski definition) is 2. The zero-order valence-corrected chi connectivity index (χ0v) is 11.7. The van der Waals surface area contributed by atoms with Crippen molar-refractivity contribution in [3.05, 3.63) is 65.2 Å². The summed E-state index contributed by atoms with van der Waals surface area (Å²) in [5, 5.41) is 9.01. The van der Waals surface area contributed by atoms with Crippen LogP contribution < -0.4 is 4.72 Å². The molecule has 0 bridgehead atoms. The van der Waals surface area contributed by atoms with Gasteiger partial charge in [0.05, 0.1) is 11.5 Å². The van der Waals surface area contributed by atoms with E-state index in [1.54, 1.807) is 24.3 Å². The minimum atomic E-state index is -4.02. The van der Waals surface area contributed by atoms with Gasteiger partial charge in [-0.1, -0.05) is 24.3 Å². The number of halogens is 2. The Morgan fingerprint density at radius 3 is 2.24 bits per heavy atom. The van der Waals surface area contributed by atoms with Gasteiger partial charge < -0.3 is 5.11 Å². The highest BCUT2D eigenvalue weighted by Gasteiger charge is 2.16. The molecule has 0 atom stereocenters. The van der Waals surface area contributed by atoms with Crippen molar-refractivity contribution in [2.45, 2.75) is 18.0 Å². The minimum absolute atomic E-state index is 0.0473. The smallest absolute Gasteiger partial charge is 0.241 e. The topological polar surface area (TPSA) is 66.4 Å². The summed E-state index contributed by atoms with van der Waals surface area (Å²) >= 11 is 0. The maximum absolute atomic E-state index is 13.1. The number of hydrogen-bond acceptors (Lipinski definition) is 3. The second kappa shape index (κ2) is 6.30. The van der Waals surface area contributed by atoms with E-state index in [1.165, 1.54) is 0 Å². The van der Waals surface area contributed by atoms with Gasteiger partial charge in [-0.3, -0.25) is 0 Å². The molecule has 0 saturated carbocycles. The van der Waals surface area contributed by atoms with Gasteiger partial charge in [0.2, 0.25) is 10.0 Å². The highest BCUT2D eigenvalue weighted by atomic mass is 32.2. The SMILES string of the molecule is O=S(=O)(NCc1cccc(CO)c1)c1cc(F)cc(F)c1. The monoisotopic (exact) mass is 313 g/mol. The van der Waals surface area contributed by atoms with E-state index in [-0.39, 0.29) is 13.2 Å². The Labute approximate surface area is 121 Å². The van der Waals surface area contributed by atoms with Gasteiger partial charge >= 0.3 is 0 Å². The molecule has 0 amide bonds. The lowest BCUT2D eigenvalue weighted by Gasteiger charge is -2.08. The lowest BCUT2D eigenvalue weighted by molar-refractivity contribution is 0.281. The van der Waals surface area contributed by atoms with Crippen LogP contribution in [0.15, 0.2) is 47.4 Å². The third kappa shape index (κ3) is 4.07. The summed E-state index contributed by atoms with van der Waals surface area (Å²) in [6.45, 7) is -0.204. The molecule has 0 aliphatic carbocycles. The fourth-order valence-electron chi connectivity index (χ4n) is 1.78. The molecule has 2 N–H and O–H groups in total. The number of rotatable bonds is 5. The zero-order valence-electron chi connectivity index (χ0n) is 10.9. The van der Waals surface area contributed by atoms with Crippen LogP contribution >= 0.6 is 0 Å². The molecule has 0 heterocycles. The molecule has 112 valence electrons. The van der Waals surface area contributed by atoms with Gasteiger partial charge in [0.15, 0.2) is 0 Å². The van der Waals surface area contributed by atoms with E-state index in [1.807, 2.05) is 0 Å². The summed E-state index contributed by atoms with van der Waals surface area (Å²) in [6.07, 6.45) is 0. The summed E-state index contributed by atoms with van der Waals surface area (Å²) < 4.78 is 52.3. The molecule has 4 nitrogen and oxygen atoms in total. The lowest BCUT2D eigenvalue weighted by atomic mass is 10.1. The van der Waals surface area contributed by atoms with Crippen molar-refractivity contribution in [3.63, 3.8) is 0 Å². The summed E-state index contributed by atoms with van der Waals surface area (Å²) in [6, 6.07) is 8.77. The van der Waals surface area contributed by atoms with Crippen LogP contribution in [0.5, 0.6) is 0 Å². The molecule has 21 heavy (non-hydrogen) atoms. The van der Waals surface area contributed by atoms with Gasteiger partial charge in [-0.2, -0.15) is 0 Å². The Bertz CT molecular complexity index is 727. The highest BCUT2D eigenvalue weighted by molar-refractivity contribution is 7.89. The average Bonchev–Trinajstić information content (AvgIpc) is 2.44. The summed E-state index contributed by atoms with van der Waals surface area (Å²) in [7, 11) is -4.02. The molecule has 2 rings (SSSR count). The number of aliphatic hydroxyl groups is 1. The zero-order chi connectivity index (χ0) is 15.5. The Hall–Kier alpha value is -1.83. The molecular formula is C14H13F2NO3S. The summed E-state index contributed by atoms with van der Waals surface area (Å²) in [5.41, 5.74) is 1.27. The Balaban J connectivity index is 2.17. The van der Waals surface area contributed by atoms with Gasteiger partial charge in [0.1, 0.15) is 11.6 Å². The Morgan fingerprint density at radius 1 is 1.00 bits per heavy atom. The van der Waals surface area contributed by atoms with E-state index in [9.17, 15) is 17.2 Å². The standard InChI is InChI=1S/C14H13F2NO3S/c15-12-5-13(16)7-14(6-12)21(19,20)17-8-10-2-1-3-11(4-10)9-18/h1-7,17-18H,8-9H2. The molecule has 0 aromatic heterocycles. The van der Waals surface area contributed by atoms with Crippen LogP contribution in [0.1, 0.15) is 11.1 Å². The first kappa shape index (κ1) is 15.6. The molecule has 0 aliphatic heterocycles. The minimum Gasteiger partial charge on any atom is -0.392 e. The van der Waals surface area contributed by atoms with Gasteiger partial charge in [0, 0.05) is 12.6 Å².